The summed E-state index contributed by atoms with van der Waals surface area (Å²) >= 11 is 0. The fourth-order valence-electron chi connectivity index (χ4n) is 7.39. The SMILES string of the molecule is Cn1cc(-c2cc(NC(=O)CCCc3cn(CCOCCNc4ccc5c(c4)C(=O)N(C4CCC(=O)NC4=O)C5=O)nn3)ccc2Oc2ccc(F)cc2F)c2cc[nH]c2c1=O. The summed E-state index contributed by atoms with van der Waals surface area (Å²) in [5, 5.41) is 17.2. The highest BCUT2D eigenvalue weighted by Gasteiger charge is 2.44. The molecule has 5 amide bonds. The van der Waals surface area contributed by atoms with Crippen molar-refractivity contribution in [2.75, 3.05) is 30.4 Å². The molecule has 0 bridgehead atoms. The number of ether oxygens (including phenoxy) is 2. The number of aromatic nitrogens is 5. The minimum Gasteiger partial charge on any atom is -0.454 e. The number of pyridine rings is 1. The second-order valence-corrected chi connectivity index (χ2v) is 14.7. The summed E-state index contributed by atoms with van der Waals surface area (Å²) < 4.78 is 42.9. The summed E-state index contributed by atoms with van der Waals surface area (Å²) in [6, 6.07) is 13.3. The Bertz CT molecular complexity index is 2820. The zero-order valence-electron chi connectivity index (χ0n) is 33.2. The first-order valence-electron chi connectivity index (χ1n) is 19.7. The molecule has 5 heterocycles. The number of imide groups is 2. The molecule has 2 aliphatic rings. The van der Waals surface area contributed by atoms with Gasteiger partial charge in [-0.2, -0.15) is 0 Å². The average molecular weight is 848 g/mol. The number of aromatic amines is 1. The monoisotopic (exact) mass is 847 g/mol. The molecule has 1 saturated heterocycles. The van der Waals surface area contributed by atoms with E-state index in [1.807, 2.05) is 0 Å². The summed E-state index contributed by atoms with van der Waals surface area (Å²) in [7, 11) is 1.60. The van der Waals surface area contributed by atoms with Crippen molar-refractivity contribution in [3.8, 4) is 22.6 Å². The van der Waals surface area contributed by atoms with Crippen LogP contribution in [0.1, 0.15) is 52.1 Å². The average Bonchev–Trinajstić information content (AvgIpc) is 3.98. The van der Waals surface area contributed by atoms with Gasteiger partial charge in [-0.3, -0.25) is 39.0 Å². The molecular formula is C43H39F2N9O8. The van der Waals surface area contributed by atoms with E-state index < -0.39 is 41.3 Å². The summed E-state index contributed by atoms with van der Waals surface area (Å²) in [5.74, 6) is -4.13. The topological polar surface area (TPSA) is 212 Å². The van der Waals surface area contributed by atoms with Gasteiger partial charge in [-0.05, 0) is 73.9 Å². The third-order valence-electron chi connectivity index (χ3n) is 10.5. The van der Waals surface area contributed by atoms with Crippen LogP contribution in [0, 0.1) is 11.6 Å². The molecule has 0 saturated carbocycles. The van der Waals surface area contributed by atoms with Crippen LogP contribution in [0.15, 0.2) is 84.0 Å². The highest BCUT2D eigenvalue weighted by Crippen LogP contribution is 2.39. The van der Waals surface area contributed by atoms with Crippen molar-refractivity contribution in [2.24, 2.45) is 7.05 Å². The van der Waals surface area contributed by atoms with E-state index >= 15 is 0 Å². The summed E-state index contributed by atoms with van der Waals surface area (Å²) in [6.45, 7) is 1.50. The lowest BCUT2D eigenvalue weighted by Gasteiger charge is -2.27. The van der Waals surface area contributed by atoms with Crippen LogP contribution in [0.5, 0.6) is 11.5 Å². The molecule has 1 unspecified atom stereocenters. The highest BCUT2D eigenvalue weighted by molar-refractivity contribution is 6.23. The minimum atomic E-state index is -1.03. The predicted molar refractivity (Wildman–Crippen MR) is 219 cm³/mol. The first-order chi connectivity index (χ1) is 29.9. The van der Waals surface area contributed by atoms with E-state index in [9.17, 15) is 37.5 Å². The summed E-state index contributed by atoms with van der Waals surface area (Å²) in [4.78, 5) is 79.6. The normalized spacial score (nSPS) is 15.0. The number of nitrogens with zero attached hydrogens (tertiary/aromatic N) is 5. The fourth-order valence-corrected chi connectivity index (χ4v) is 7.39. The van der Waals surface area contributed by atoms with E-state index in [2.05, 4.69) is 31.2 Å². The Morgan fingerprint density at radius 3 is 2.50 bits per heavy atom. The van der Waals surface area contributed by atoms with Gasteiger partial charge in [0.2, 0.25) is 17.7 Å². The molecule has 3 aromatic heterocycles. The lowest BCUT2D eigenvalue weighted by atomic mass is 10.0. The van der Waals surface area contributed by atoms with E-state index in [-0.39, 0.29) is 53.4 Å². The second-order valence-electron chi connectivity index (χ2n) is 14.7. The molecule has 1 fully saturated rings. The lowest BCUT2D eigenvalue weighted by molar-refractivity contribution is -0.136. The maximum atomic E-state index is 14.6. The summed E-state index contributed by atoms with van der Waals surface area (Å²) in [5.41, 5.74) is 3.26. The fraction of sp³-hybridized carbons (Fsp3) is 0.256. The number of hydrogen-bond acceptors (Lipinski definition) is 11. The van der Waals surface area contributed by atoms with Crippen molar-refractivity contribution < 1.29 is 42.2 Å². The van der Waals surface area contributed by atoms with Crippen LogP contribution < -0.4 is 26.2 Å². The number of piperidine rings is 1. The van der Waals surface area contributed by atoms with Gasteiger partial charge in [-0.15, -0.1) is 5.10 Å². The zero-order chi connectivity index (χ0) is 43.5. The number of hydrogen-bond donors (Lipinski definition) is 4. The first kappa shape index (κ1) is 41.2. The molecular weight excluding hydrogens is 809 g/mol. The molecule has 318 valence electrons. The number of rotatable bonds is 16. The van der Waals surface area contributed by atoms with Crippen molar-refractivity contribution in [1.82, 2.24) is 34.8 Å². The molecule has 0 spiro atoms. The van der Waals surface area contributed by atoms with Gasteiger partial charge in [0.05, 0.1) is 36.6 Å². The first-order valence-corrected chi connectivity index (χ1v) is 19.7. The van der Waals surface area contributed by atoms with Crippen LogP contribution in [0.2, 0.25) is 0 Å². The second kappa shape index (κ2) is 17.6. The Labute approximate surface area is 351 Å². The molecule has 17 nitrogen and oxygen atoms in total. The van der Waals surface area contributed by atoms with Gasteiger partial charge in [0, 0.05) is 79.0 Å². The standard InChI is InChI=1S/C43H39F2N9O8/c1-52-23-32(28-13-14-47-39(28)43(52)60)30-21-26(7-11-35(30)62-36-10-5-24(44)19-33(36)45)48-37(55)4-2-3-27-22-53(51-50-27)16-18-61-17-15-46-25-6-8-29-31(20-25)42(59)54(41(29)58)34-9-12-38(56)49-40(34)57/h5-8,10-11,13-14,19-23,34,46-47H,2-4,9,12,15-18H2,1H3,(H,48,55)(H,49,56,57). The van der Waals surface area contributed by atoms with E-state index in [0.717, 1.165) is 17.0 Å². The van der Waals surface area contributed by atoms with Crippen LogP contribution in [-0.4, -0.2) is 84.8 Å². The quantitative estimate of drug-likeness (QED) is 0.0776. The zero-order valence-corrected chi connectivity index (χ0v) is 33.2. The Kier molecular flexibility index (Phi) is 11.7. The molecule has 6 aromatic rings. The van der Waals surface area contributed by atoms with Gasteiger partial charge in [0.15, 0.2) is 11.6 Å². The van der Waals surface area contributed by atoms with Gasteiger partial charge >= 0.3 is 0 Å². The maximum absolute atomic E-state index is 14.6. The van der Waals surface area contributed by atoms with E-state index in [1.54, 1.807) is 66.7 Å². The minimum absolute atomic E-state index is 0.0448. The van der Waals surface area contributed by atoms with Gasteiger partial charge in [0.1, 0.15) is 23.1 Å². The van der Waals surface area contributed by atoms with Crippen molar-refractivity contribution in [3.05, 3.63) is 118 Å². The summed E-state index contributed by atoms with van der Waals surface area (Å²) in [6.07, 6.45) is 6.31. The number of aryl methyl sites for hydroxylation is 2. The molecule has 19 heteroatoms. The van der Waals surface area contributed by atoms with Crippen LogP contribution in [0.25, 0.3) is 22.0 Å². The van der Waals surface area contributed by atoms with Gasteiger partial charge in [-0.1, -0.05) is 5.21 Å². The number of halogens is 2. The third-order valence-corrected chi connectivity index (χ3v) is 10.5. The van der Waals surface area contributed by atoms with Crippen LogP contribution in [-0.2, 0) is 39.1 Å². The molecule has 4 N–H and O–H groups in total. The van der Waals surface area contributed by atoms with Crippen molar-refractivity contribution in [2.45, 2.75) is 44.7 Å². The maximum Gasteiger partial charge on any atom is 0.274 e. The van der Waals surface area contributed by atoms with Crippen LogP contribution in [0.4, 0.5) is 20.2 Å². The number of fused-ring (bicyclic) bond motifs is 2. The predicted octanol–water partition coefficient (Wildman–Crippen LogP) is 4.69. The molecule has 0 radical (unpaired) electrons. The highest BCUT2D eigenvalue weighted by atomic mass is 19.1. The Balaban J connectivity index is 0.798. The van der Waals surface area contributed by atoms with E-state index in [4.69, 9.17) is 9.47 Å². The largest absolute Gasteiger partial charge is 0.454 e. The van der Waals surface area contributed by atoms with Crippen molar-refractivity contribution in [1.29, 1.82) is 0 Å². The third kappa shape index (κ3) is 8.69. The Hall–Kier alpha value is -7.54. The lowest BCUT2D eigenvalue weighted by Crippen LogP contribution is -2.54. The Morgan fingerprint density at radius 1 is 0.887 bits per heavy atom. The van der Waals surface area contributed by atoms with Gasteiger partial charge in [-0.25, -0.2) is 13.5 Å². The molecule has 3 aromatic carbocycles. The van der Waals surface area contributed by atoms with Crippen LogP contribution in [0.3, 0.4) is 0 Å². The molecule has 62 heavy (non-hydrogen) atoms. The number of nitrogens with one attached hydrogen (secondary N) is 4. The number of anilines is 2. The van der Waals surface area contributed by atoms with Crippen molar-refractivity contribution in [3.63, 3.8) is 0 Å². The molecule has 2 aliphatic heterocycles. The number of amides is 5. The van der Waals surface area contributed by atoms with E-state index in [0.29, 0.717) is 78.2 Å². The van der Waals surface area contributed by atoms with Gasteiger partial charge < -0.3 is 29.7 Å². The van der Waals surface area contributed by atoms with Crippen molar-refractivity contribution >= 4 is 51.8 Å². The van der Waals surface area contributed by atoms with Gasteiger partial charge in [0.25, 0.3) is 17.4 Å². The molecule has 8 rings (SSSR count). The number of carbonyl (C=O) groups is 5. The number of carbonyl (C=O) groups excluding carboxylic acids is 5. The molecule has 1 atom stereocenters. The smallest absolute Gasteiger partial charge is 0.274 e. The number of benzene rings is 3. The van der Waals surface area contributed by atoms with E-state index in [1.165, 1.54) is 16.7 Å². The molecule has 0 aliphatic carbocycles. The Morgan fingerprint density at radius 2 is 1.68 bits per heavy atom. The van der Waals surface area contributed by atoms with Crippen LogP contribution >= 0.6 is 0 Å². The number of H-pyrrole nitrogens is 1.